The molecule has 41 heavy (non-hydrogen) atoms. The molecule has 0 radical (unpaired) electrons. The molecule has 0 aliphatic carbocycles. The van der Waals surface area contributed by atoms with Gasteiger partial charge in [0.15, 0.2) is 0 Å². The van der Waals surface area contributed by atoms with Crippen LogP contribution in [0.15, 0.2) is 94.7 Å². The van der Waals surface area contributed by atoms with Crippen LogP contribution in [-0.2, 0) is 9.53 Å². The van der Waals surface area contributed by atoms with Gasteiger partial charge in [0.2, 0.25) is 0 Å². The van der Waals surface area contributed by atoms with Crippen LogP contribution in [0.2, 0.25) is 0 Å². The van der Waals surface area contributed by atoms with E-state index in [0.29, 0.717) is 5.57 Å². The average molecular weight is 550 g/mol. The third kappa shape index (κ3) is 5.02. The molecule has 0 aromatic heterocycles. The van der Waals surface area contributed by atoms with Gasteiger partial charge in [0.1, 0.15) is 12.2 Å². The second kappa shape index (κ2) is 11.2. The number of imide groups is 1. The van der Waals surface area contributed by atoms with Crippen LogP contribution in [0.25, 0.3) is 0 Å². The van der Waals surface area contributed by atoms with E-state index in [1.165, 1.54) is 0 Å². The zero-order valence-electron chi connectivity index (χ0n) is 23.4. The van der Waals surface area contributed by atoms with Crippen LogP contribution in [0.4, 0.5) is 5.69 Å². The predicted molar refractivity (Wildman–Crippen MR) is 158 cm³/mol. The molecule has 2 unspecified atom stereocenters. The summed E-state index contributed by atoms with van der Waals surface area (Å²) in [5.74, 6) is -1.76. The summed E-state index contributed by atoms with van der Waals surface area (Å²) in [5.41, 5.74) is 4.57. The normalized spacial score (nSPS) is 18.8. The molecule has 2 heterocycles. The first-order chi connectivity index (χ1) is 19.7. The number of ether oxygens (including phenoxy) is 1. The number of hydrogen-bond donors (Lipinski definition) is 0. The quantitative estimate of drug-likeness (QED) is 0.187. The number of esters is 1. The topological polar surface area (TPSA) is 94.9 Å². The Bertz CT molecular complexity index is 1560. The van der Waals surface area contributed by atoms with Crippen molar-refractivity contribution in [3.8, 4) is 0 Å². The largest absolute Gasteiger partial charge is 0.463 e. The van der Waals surface area contributed by atoms with E-state index < -0.39 is 30.0 Å². The van der Waals surface area contributed by atoms with Crippen LogP contribution in [-0.4, -0.2) is 53.1 Å². The van der Waals surface area contributed by atoms with E-state index >= 15 is 0 Å². The number of amides is 2. The van der Waals surface area contributed by atoms with Gasteiger partial charge in [-0.05, 0) is 69.8 Å². The van der Waals surface area contributed by atoms with Gasteiger partial charge in [-0.1, -0.05) is 54.1 Å². The first-order valence-electron chi connectivity index (χ1n) is 13.4. The number of guanidine groups is 1. The molecule has 0 N–H and O–H groups in total. The Morgan fingerprint density at radius 1 is 0.927 bits per heavy atom. The van der Waals surface area contributed by atoms with Gasteiger partial charge >= 0.3 is 5.97 Å². The van der Waals surface area contributed by atoms with Crippen LogP contribution in [0.3, 0.4) is 0 Å². The van der Waals surface area contributed by atoms with Crippen molar-refractivity contribution in [1.29, 1.82) is 0 Å². The zero-order chi connectivity index (χ0) is 29.3. The van der Waals surface area contributed by atoms with Gasteiger partial charge < -0.3 is 9.64 Å². The summed E-state index contributed by atoms with van der Waals surface area (Å²) >= 11 is 0. The highest BCUT2D eigenvalue weighted by molar-refractivity contribution is 6.29. The number of aryl methyl sites for hydroxylation is 2. The summed E-state index contributed by atoms with van der Waals surface area (Å²) in [6.07, 6.45) is 1.31. The van der Waals surface area contributed by atoms with Crippen LogP contribution < -0.4 is 4.90 Å². The predicted octanol–water partition coefficient (Wildman–Crippen LogP) is 5.23. The summed E-state index contributed by atoms with van der Waals surface area (Å²) in [4.78, 5) is 47.0. The summed E-state index contributed by atoms with van der Waals surface area (Å²) < 4.78 is 5.49. The summed E-state index contributed by atoms with van der Waals surface area (Å²) in [6, 6.07) is 21.5. The summed E-state index contributed by atoms with van der Waals surface area (Å²) in [6.45, 7) is 11.5. The minimum Gasteiger partial charge on any atom is -0.463 e. The van der Waals surface area contributed by atoms with Crippen molar-refractivity contribution in [1.82, 2.24) is 9.91 Å². The minimum atomic E-state index is -0.711. The summed E-state index contributed by atoms with van der Waals surface area (Å²) in [5, 5.41) is 6.46. The first-order valence-corrected chi connectivity index (χ1v) is 13.4. The number of benzene rings is 3. The fourth-order valence-corrected chi connectivity index (χ4v) is 5.12. The van der Waals surface area contributed by atoms with Crippen LogP contribution >= 0.6 is 0 Å². The number of hydrogen-bond acceptors (Lipinski definition) is 7. The number of rotatable bonds is 5. The Balaban J connectivity index is 1.69. The molecule has 3 aromatic rings. The molecule has 2 aliphatic rings. The van der Waals surface area contributed by atoms with E-state index in [0.717, 1.165) is 27.3 Å². The van der Waals surface area contributed by atoms with Gasteiger partial charge in [0, 0.05) is 11.9 Å². The van der Waals surface area contributed by atoms with Gasteiger partial charge in [-0.25, -0.2) is 14.7 Å². The zero-order valence-corrected chi connectivity index (χ0v) is 23.4. The van der Waals surface area contributed by atoms with E-state index in [1.54, 1.807) is 42.4 Å². The Hall–Kier alpha value is -5.05. The smallest absolute Gasteiger partial charge is 0.338 e. The van der Waals surface area contributed by atoms with E-state index in [2.05, 4.69) is 11.7 Å². The van der Waals surface area contributed by atoms with Crippen molar-refractivity contribution in [2.24, 2.45) is 10.1 Å². The molecule has 0 spiro atoms. The molecule has 9 heteroatoms. The Morgan fingerprint density at radius 2 is 1.59 bits per heavy atom. The molecule has 5 rings (SSSR count). The monoisotopic (exact) mass is 549 g/mol. The third-order valence-corrected chi connectivity index (χ3v) is 7.17. The van der Waals surface area contributed by atoms with E-state index in [4.69, 9.17) is 9.84 Å². The lowest BCUT2D eigenvalue weighted by atomic mass is 9.95. The first kappa shape index (κ1) is 27.5. The molecule has 0 saturated carbocycles. The van der Waals surface area contributed by atoms with Gasteiger partial charge in [0.05, 0.1) is 23.3 Å². The fourth-order valence-electron chi connectivity index (χ4n) is 5.12. The van der Waals surface area contributed by atoms with Crippen molar-refractivity contribution in [3.63, 3.8) is 0 Å². The summed E-state index contributed by atoms with van der Waals surface area (Å²) in [7, 11) is 0. The number of nitrogens with zero attached hydrogens (tertiary/aromatic N) is 5. The number of carbonyl (C=O) groups excluding carboxylic acids is 3. The average Bonchev–Trinajstić information content (AvgIpc) is 3.22. The minimum absolute atomic E-state index is 0.186. The molecule has 9 nitrogen and oxygen atoms in total. The van der Waals surface area contributed by atoms with Crippen LogP contribution in [0.1, 0.15) is 57.3 Å². The maximum atomic E-state index is 13.5. The van der Waals surface area contributed by atoms with Crippen molar-refractivity contribution in [3.05, 3.63) is 112 Å². The SMILES string of the molecule is C=N/C(=N\N1C(c2ccc(C)cc2)C(C(=O)OCC)=CN(c2cccc(C)c2)C1C)N1C(=O)c2ccccc2C1=O. The Kier molecular flexibility index (Phi) is 7.52. The number of anilines is 1. The molecule has 3 aromatic carbocycles. The molecule has 0 bridgehead atoms. The Labute approximate surface area is 239 Å². The van der Waals surface area contributed by atoms with Crippen molar-refractivity contribution >= 4 is 36.1 Å². The lowest BCUT2D eigenvalue weighted by Crippen LogP contribution is -2.50. The molecule has 208 valence electrons. The number of carbonyl (C=O) groups is 3. The second-order valence-corrected chi connectivity index (χ2v) is 9.93. The van der Waals surface area contributed by atoms with Gasteiger partial charge in [-0.15, -0.1) is 5.10 Å². The molecular weight excluding hydrogens is 518 g/mol. The highest BCUT2D eigenvalue weighted by Crippen LogP contribution is 2.39. The second-order valence-electron chi connectivity index (χ2n) is 9.93. The molecule has 2 aliphatic heterocycles. The van der Waals surface area contributed by atoms with Crippen molar-refractivity contribution in [2.45, 2.75) is 39.9 Å². The lowest BCUT2D eigenvalue weighted by molar-refractivity contribution is -0.139. The fraction of sp³-hybridized carbons (Fsp3) is 0.219. The van der Waals surface area contributed by atoms with E-state index in [1.807, 2.05) is 74.2 Å². The lowest BCUT2D eigenvalue weighted by Gasteiger charge is -2.45. The number of fused-ring (bicyclic) bond motifs is 1. The highest BCUT2D eigenvalue weighted by Gasteiger charge is 2.42. The Morgan fingerprint density at radius 3 is 2.17 bits per heavy atom. The molecular formula is C32H31N5O4. The van der Waals surface area contributed by atoms with Crippen molar-refractivity contribution in [2.75, 3.05) is 11.5 Å². The maximum absolute atomic E-state index is 13.5. The molecule has 0 saturated heterocycles. The van der Waals surface area contributed by atoms with Gasteiger partial charge in [0.25, 0.3) is 17.8 Å². The van der Waals surface area contributed by atoms with Crippen LogP contribution in [0.5, 0.6) is 0 Å². The van der Waals surface area contributed by atoms with E-state index in [-0.39, 0.29) is 23.7 Å². The highest BCUT2D eigenvalue weighted by atomic mass is 16.5. The van der Waals surface area contributed by atoms with E-state index in [9.17, 15) is 14.4 Å². The third-order valence-electron chi connectivity index (χ3n) is 7.17. The standard InChI is InChI=1S/C32H31N5O4/c1-6-41-31(40)27-19-35(24-11-9-10-21(3)18-24)22(4)37(28(27)23-16-14-20(2)15-17-23)34-32(33-5)36-29(38)25-12-7-8-13-26(25)30(36)39/h7-19,22,28H,5-6H2,1-4H3/b34-32+. The molecule has 2 amide bonds. The maximum Gasteiger partial charge on any atom is 0.338 e. The molecule has 0 fully saturated rings. The van der Waals surface area contributed by atoms with Gasteiger partial charge in [-0.3, -0.25) is 14.6 Å². The van der Waals surface area contributed by atoms with Gasteiger partial charge in [-0.2, -0.15) is 0 Å². The van der Waals surface area contributed by atoms with Crippen molar-refractivity contribution < 1.29 is 19.1 Å². The van der Waals surface area contributed by atoms with Crippen LogP contribution in [0, 0.1) is 13.8 Å². The molecule has 2 atom stereocenters. The number of hydrazone groups is 1. The number of aliphatic imine (C=N–C) groups is 1.